The first kappa shape index (κ1) is 22.7. The molecule has 2 amide bonds. The second kappa shape index (κ2) is 9.19. The number of sulfone groups is 1. The first-order valence-corrected chi connectivity index (χ1v) is 13.1. The number of nitrogens with zero attached hydrogens (tertiary/aromatic N) is 2. The van der Waals surface area contributed by atoms with Crippen LogP contribution in [0.1, 0.15) is 30.9 Å². The van der Waals surface area contributed by atoms with Crippen molar-refractivity contribution < 1.29 is 18.0 Å². The lowest BCUT2D eigenvalue weighted by molar-refractivity contribution is -0.130. The van der Waals surface area contributed by atoms with E-state index in [4.69, 9.17) is 0 Å². The molecule has 0 atom stereocenters. The first-order chi connectivity index (χ1) is 15.3. The summed E-state index contributed by atoms with van der Waals surface area (Å²) in [4.78, 5) is 28.1. The maximum absolute atomic E-state index is 13.2. The lowest BCUT2D eigenvalue weighted by Gasteiger charge is -2.27. The third-order valence-corrected chi connectivity index (χ3v) is 8.18. The van der Waals surface area contributed by atoms with Gasteiger partial charge in [0, 0.05) is 37.5 Å². The van der Waals surface area contributed by atoms with Gasteiger partial charge in [-0.15, -0.1) is 0 Å². The van der Waals surface area contributed by atoms with Crippen LogP contribution in [0.5, 0.6) is 0 Å². The van der Waals surface area contributed by atoms with Gasteiger partial charge in [0.05, 0.1) is 16.3 Å². The molecule has 32 heavy (non-hydrogen) atoms. The van der Waals surface area contributed by atoms with Gasteiger partial charge in [0.25, 0.3) is 0 Å². The van der Waals surface area contributed by atoms with E-state index < -0.39 is 9.84 Å². The average Bonchev–Trinajstić information content (AvgIpc) is 3.21. The molecule has 2 aromatic rings. The predicted octanol–water partition coefficient (Wildman–Crippen LogP) is 3.84. The number of carbonyl (C=O) groups is 2. The van der Waals surface area contributed by atoms with Crippen molar-refractivity contribution in [3.05, 3.63) is 64.1 Å². The maximum atomic E-state index is 13.2. The highest BCUT2D eigenvalue weighted by Gasteiger charge is 2.32. The molecule has 0 N–H and O–H groups in total. The number of rotatable bonds is 5. The third-order valence-electron chi connectivity index (χ3n) is 6.00. The highest BCUT2D eigenvalue weighted by molar-refractivity contribution is 9.10. The van der Waals surface area contributed by atoms with Crippen molar-refractivity contribution in [3.8, 4) is 0 Å². The number of benzene rings is 2. The summed E-state index contributed by atoms with van der Waals surface area (Å²) in [5, 5.41) is 0. The van der Waals surface area contributed by atoms with Gasteiger partial charge < -0.3 is 9.80 Å². The summed E-state index contributed by atoms with van der Waals surface area (Å²) in [5.74, 6) is -0.647. The van der Waals surface area contributed by atoms with Crippen LogP contribution >= 0.6 is 15.9 Å². The average molecular weight is 517 g/mol. The lowest BCUT2D eigenvalue weighted by Crippen LogP contribution is -2.35. The van der Waals surface area contributed by atoms with Crippen molar-refractivity contribution in [2.75, 3.05) is 30.3 Å². The van der Waals surface area contributed by atoms with Crippen molar-refractivity contribution in [2.24, 2.45) is 0 Å². The van der Waals surface area contributed by atoms with Crippen LogP contribution in [0.2, 0.25) is 0 Å². The molecule has 0 saturated heterocycles. The Hall–Kier alpha value is -2.45. The number of fused-ring (bicyclic) bond motifs is 1. The van der Waals surface area contributed by atoms with Crippen molar-refractivity contribution >= 4 is 48.8 Å². The van der Waals surface area contributed by atoms with E-state index in [1.807, 2.05) is 30.3 Å². The molecule has 0 unspecified atom stereocenters. The van der Waals surface area contributed by atoms with Gasteiger partial charge in [-0.2, -0.15) is 0 Å². The van der Waals surface area contributed by atoms with E-state index >= 15 is 0 Å². The van der Waals surface area contributed by atoms with E-state index in [0.29, 0.717) is 36.2 Å². The lowest BCUT2D eigenvalue weighted by atomic mass is 9.99. The van der Waals surface area contributed by atoms with Crippen LogP contribution in [0.4, 0.5) is 5.69 Å². The first-order valence-electron chi connectivity index (χ1n) is 10.6. The van der Waals surface area contributed by atoms with E-state index in [9.17, 15) is 18.0 Å². The topological polar surface area (TPSA) is 74.8 Å². The molecule has 4 rings (SSSR count). The standard InChI is InChI=1S/C24H25BrN2O4S/c1-17(28)27-13-9-20-15-21(25)16-22(24(20)27)32(30,31)14-10-23(29)26-11-7-19(8-12-26)18-5-3-2-4-6-18/h2-7,15-16H,8-14H2,1H3. The Kier molecular flexibility index (Phi) is 6.53. The van der Waals surface area contributed by atoms with Crippen LogP contribution in [0, 0.1) is 0 Å². The normalized spacial score (nSPS) is 16.0. The van der Waals surface area contributed by atoms with Gasteiger partial charge in [0.2, 0.25) is 11.8 Å². The minimum Gasteiger partial charge on any atom is -0.339 e. The van der Waals surface area contributed by atoms with Crippen LogP contribution in [0.25, 0.3) is 5.57 Å². The molecule has 0 saturated carbocycles. The molecule has 0 aromatic heterocycles. The molecule has 2 aliphatic rings. The summed E-state index contributed by atoms with van der Waals surface area (Å²) in [7, 11) is -3.75. The van der Waals surface area contributed by atoms with Crippen LogP contribution in [-0.2, 0) is 25.8 Å². The molecule has 2 aliphatic heterocycles. The van der Waals surface area contributed by atoms with Crippen LogP contribution in [-0.4, -0.2) is 50.5 Å². The Bertz CT molecular complexity index is 1190. The summed E-state index contributed by atoms with van der Waals surface area (Å²) in [5.41, 5.74) is 3.65. The number of hydrogen-bond acceptors (Lipinski definition) is 4. The molecule has 0 spiro atoms. The molecule has 0 fully saturated rings. The fourth-order valence-corrected chi connectivity index (χ4v) is 6.48. The van der Waals surface area contributed by atoms with Gasteiger partial charge >= 0.3 is 0 Å². The summed E-state index contributed by atoms with van der Waals surface area (Å²) in [6.07, 6.45) is 3.31. The highest BCUT2D eigenvalue weighted by atomic mass is 79.9. The Morgan fingerprint density at radius 3 is 2.47 bits per heavy atom. The Morgan fingerprint density at radius 1 is 1.06 bits per heavy atom. The SMILES string of the molecule is CC(=O)N1CCc2cc(Br)cc(S(=O)(=O)CCC(=O)N3CC=C(c4ccccc4)CC3)c21. The predicted molar refractivity (Wildman–Crippen MR) is 128 cm³/mol. The van der Waals surface area contributed by atoms with Gasteiger partial charge in [-0.05, 0) is 41.7 Å². The van der Waals surface area contributed by atoms with Gasteiger partial charge in [0.15, 0.2) is 9.84 Å². The Morgan fingerprint density at radius 2 is 1.81 bits per heavy atom. The van der Waals surface area contributed by atoms with Crippen molar-refractivity contribution in [1.82, 2.24) is 4.90 Å². The zero-order valence-corrected chi connectivity index (χ0v) is 20.3. The van der Waals surface area contributed by atoms with Gasteiger partial charge in [-0.25, -0.2) is 8.42 Å². The third kappa shape index (κ3) is 4.66. The molecule has 0 bridgehead atoms. The number of halogens is 1. The van der Waals surface area contributed by atoms with Crippen molar-refractivity contribution in [3.63, 3.8) is 0 Å². The summed E-state index contributed by atoms with van der Waals surface area (Å²) >= 11 is 3.38. The fraction of sp³-hybridized carbons (Fsp3) is 0.333. The van der Waals surface area contributed by atoms with E-state index in [2.05, 4.69) is 28.1 Å². The van der Waals surface area contributed by atoms with E-state index in [-0.39, 0.29) is 28.9 Å². The molecule has 6 nitrogen and oxygen atoms in total. The Balaban J connectivity index is 1.46. The van der Waals surface area contributed by atoms with Gasteiger partial charge in [-0.1, -0.05) is 52.3 Å². The van der Waals surface area contributed by atoms with Gasteiger partial charge in [0.1, 0.15) is 0 Å². The monoisotopic (exact) mass is 516 g/mol. The minimum atomic E-state index is -3.75. The molecule has 8 heteroatoms. The molecule has 0 aliphatic carbocycles. The number of anilines is 1. The molecule has 2 aromatic carbocycles. The number of carbonyl (C=O) groups excluding carboxylic acids is 2. The number of hydrogen-bond donors (Lipinski definition) is 0. The van der Waals surface area contributed by atoms with Crippen LogP contribution in [0.3, 0.4) is 0 Å². The number of amides is 2. The second-order valence-electron chi connectivity index (χ2n) is 8.09. The van der Waals surface area contributed by atoms with E-state index in [0.717, 1.165) is 17.5 Å². The molecule has 2 heterocycles. The van der Waals surface area contributed by atoms with Crippen molar-refractivity contribution in [2.45, 2.75) is 31.1 Å². The molecule has 0 radical (unpaired) electrons. The molecular weight excluding hydrogens is 492 g/mol. The minimum absolute atomic E-state index is 0.0851. The summed E-state index contributed by atoms with van der Waals surface area (Å²) in [6.45, 7) is 2.95. The van der Waals surface area contributed by atoms with Crippen LogP contribution in [0.15, 0.2) is 57.9 Å². The molecular formula is C24H25BrN2O4S. The molecule has 168 valence electrons. The Labute approximate surface area is 197 Å². The second-order valence-corrected chi connectivity index (χ2v) is 11.1. The maximum Gasteiger partial charge on any atom is 0.223 e. The quantitative estimate of drug-likeness (QED) is 0.604. The zero-order valence-electron chi connectivity index (χ0n) is 17.9. The summed E-state index contributed by atoms with van der Waals surface area (Å²) < 4.78 is 27.0. The van der Waals surface area contributed by atoms with Crippen molar-refractivity contribution in [1.29, 1.82) is 0 Å². The van der Waals surface area contributed by atoms with Gasteiger partial charge in [-0.3, -0.25) is 9.59 Å². The van der Waals surface area contributed by atoms with Crippen LogP contribution < -0.4 is 4.90 Å². The smallest absolute Gasteiger partial charge is 0.223 e. The zero-order chi connectivity index (χ0) is 22.9. The van der Waals surface area contributed by atoms with E-state index in [1.54, 1.807) is 4.90 Å². The largest absolute Gasteiger partial charge is 0.339 e. The van der Waals surface area contributed by atoms with E-state index in [1.165, 1.54) is 23.5 Å². The highest BCUT2D eigenvalue weighted by Crippen LogP contribution is 2.38. The fourth-order valence-electron chi connectivity index (χ4n) is 4.32. The summed E-state index contributed by atoms with van der Waals surface area (Å²) in [6, 6.07) is 13.4.